The zero-order valence-electron chi connectivity index (χ0n) is 10.2. The molecule has 2 heterocycles. The fourth-order valence-electron chi connectivity index (χ4n) is 1.91. The number of nitrogens with one attached hydrogen (secondary N) is 3. The number of anilines is 1. The average molecular weight is 248 g/mol. The van der Waals surface area contributed by atoms with E-state index in [1.165, 1.54) is 6.20 Å². The van der Waals surface area contributed by atoms with Crippen LogP contribution in [0.25, 0.3) is 0 Å². The summed E-state index contributed by atoms with van der Waals surface area (Å²) >= 11 is 0. The van der Waals surface area contributed by atoms with Crippen LogP contribution in [0.1, 0.15) is 23.2 Å². The van der Waals surface area contributed by atoms with Gasteiger partial charge >= 0.3 is 0 Å². The molecule has 6 heteroatoms. The first-order valence-electron chi connectivity index (χ1n) is 5.90. The van der Waals surface area contributed by atoms with Crippen LogP contribution in [0.15, 0.2) is 18.5 Å². The largest absolute Gasteiger partial charge is 0.387 e. The van der Waals surface area contributed by atoms with E-state index in [1.54, 1.807) is 19.3 Å². The van der Waals surface area contributed by atoms with E-state index in [2.05, 4.69) is 20.9 Å². The Hall–Kier alpha value is -2.11. The Kier molecular flexibility index (Phi) is 3.76. The number of pyridine rings is 1. The van der Waals surface area contributed by atoms with E-state index in [0.29, 0.717) is 24.9 Å². The first kappa shape index (κ1) is 12.3. The Morgan fingerprint density at radius 1 is 1.56 bits per heavy atom. The van der Waals surface area contributed by atoms with Crippen LogP contribution in [0.5, 0.6) is 0 Å². The number of hydrogen-bond donors (Lipinski definition) is 3. The number of nitrogens with zero attached hydrogens (tertiary/aromatic N) is 1. The van der Waals surface area contributed by atoms with Crippen molar-refractivity contribution in [1.29, 1.82) is 0 Å². The molecule has 2 rings (SSSR count). The predicted octanol–water partition coefficient (Wildman–Crippen LogP) is 0.132. The first-order valence-corrected chi connectivity index (χ1v) is 5.90. The third-order valence-corrected chi connectivity index (χ3v) is 2.94. The van der Waals surface area contributed by atoms with Crippen molar-refractivity contribution in [2.75, 3.05) is 18.9 Å². The summed E-state index contributed by atoms with van der Waals surface area (Å²) in [5.41, 5.74) is 1.25. The van der Waals surface area contributed by atoms with Gasteiger partial charge in [0.2, 0.25) is 5.91 Å². The van der Waals surface area contributed by atoms with Crippen molar-refractivity contribution < 1.29 is 9.59 Å². The summed E-state index contributed by atoms with van der Waals surface area (Å²) in [5.74, 6) is -0.133. The van der Waals surface area contributed by atoms with Gasteiger partial charge in [-0.2, -0.15) is 0 Å². The minimum atomic E-state index is -0.173. The Bertz CT molecular complexity index is 451. The number of piperidine rings is 1. The molecule has 1 aliphatic rings. The number of carbonyl (C=O) groups excluding carboxylic acids is 2. The van der Waals surface area contributed by atoms with Gasteiger partial charge in [-0.1, -0.05) is 0 Å². The normalized spacial score (nSPS) is 18.9. The SMILES string of the molecule is CNc1ccncc1C(=O)NC1CCC(=O)NC1. The Balaban J connectivity index is 2.01. The molecule has 1 atom stereocenters. The molecule has 3 N–H and O–H groups in total. The lowest BCUT2D eigenvalue weighted by Gasteiger charge is -2.23. The lowest BCUT2D eigenvalue weighted by atomic mass is 10.1. The van der Waals surface area contributed by atoms with Gasteiger partial charge in [0, 0.05) is 44.1 Å². The maximum absolute atomic E-state index is 12.1. The number of hydrogen-bond acceptors (Lipinski definition) is 4. The van der Waals surface area contributed by atoms with E-state index in [-0.39, 0.29) is 17.9 Å². The Labute approximate surface area is 105 Å². The molecular weight excluding hydrogens is 232 g/mol. The van der Waals surface area contributed by atoms with Crippen LogP contribution in [0.4, 0.5) is 5.69 Å². The number of amides is 2. The van der Waals surface area contributed by atoms with Crippen molar-refractivity contribution in [3.8, 4) is 0 Å². The van der Waals surface area contributed by atoms with Crippen molar-refractivity contribution in [1.82, 2.24) is 15.6 Å². The molecular formula is C12H16N4O2. The molecule has 0 aromatic carbocycles. The van der Waals surface area contributed by atoms with Gasteiger partial charge in [0.1, 0.15) is 0 Å². The quantitative estimate of drug-likeness (QED) is 0.710. The summed E-state index contributed by atoms with van der Waals surface area (Å²) in [6.07, 6.45) is 4.29. The second-order valence-electron chi connectivity index (χ2n) is 4.18. The van der Waals surface area contributed by atoms with Gasteiger partial charge in [0.05, 0.1) is 5.56 Å². The number of carbonyl (C=O) groups is 2. The summed E-state index contributed by atoms with van der Waals surface area (Å²) in [4.78, 5) is 27.0. The second kappa shape index (κ2) is 5.48. The van der Waals surface area contributed by atoms with Crippen molar-refractivity contribution in [3.63, 3.8) is 0 Å². The topological polar surface area (TPSA) is 83.1 Å². The van der Waals surface area contributed by atoms with Crippen LogP contribution >= 0.6 is 0 Å². The molecule has 96 valence electrons. The minimum Gasteiger partial charge on any atom is -0.387 e. The number of aromatic nitrogens is 1. The van der Waals surface area contributed by atoms with Crippen molar-refractivity contribution in [2.24, 2.45) is 0 Å². The molecule has 1 aromatic heterocycles. The Morgan fingerprint density at radius 2 is 2.39 bits per heavy atom. The van der Waals surface area contributed by atoms with Crippen molar-refractivity contribution >= 4 is 17.5 Å². The van der Waals surface area contributed by atoms with E-state index >= 15 is 0 Å². The van der Waals surface area contributed by atoms with Crippen LogP contribution in [0.3, 0.4) is 0 Å². The summed E-state index contributed by atoms with van der Waals surface area (Å²) in [6, 6.07) is 1.73. The highest BCUT2D eigenvalue weighted by Gasteiger charge is 2.21. The summed E-state index contributed by atoms with van der Waals surface area (Å²) < 4.78 is 0. The van der Waals surface area contributed by atoms with Crippen molar-refractivity contribution in [3.05, 3.63) is 24.0 Å². The molecule has 0 saturated carbocycles. The second-order valence-corrected chi connectivity index (χ2v) is 4.18. The predicted molar refractivity (Wildman–Crippen MR) is 67.3 cm³/mol. The highest BCUT2D eigenvalue weighted by atomic mass is 16.2. The highest BCUT2D eigenvalue weighted by molar-refractivity contribution is 5.99. The first-order chi connectivity index (χ1) is 8.70. The van der Waals surface area contributed by atoms with Crippen LogP contribution < -0.4 is 16.0 Å². The van der Waals surface area contributed by atoms with Gasteiger partial charge in [-0.15, -0.1) is 0 Å². The van der Waals surface area contributed by atoms with Crippen LogP contribution in [0.2, 0.25) is 0 Å². The number of rotatable bonds is 3. The van der Waals surface area contributed by atoms with E-state index in [0.717, 1.165) is 5.69 Å². The van der Waals surface area contributed by atoms with Gasteiger partial charge in [-0.3, -0.25) is 14.6 Å². The molecule has 18 heavy (non-hydrogen) atoms. The van der Waals surface area contributed by atoms with E-state index in [9.17, 15) is 9.59 Å². The van der Waals surface area contributed by atoms with Crippen LogP contribution in [-0.4, -0.2) is 36.4 Å². The lowest BCUT2D eigenvalue weighted by Crippen LogP contribution is -2.47. The molecule has 0 bridgehead atoms. The van der Waals surface area contributed by atoms with E-state index < -0.39 is 0 Å². The molecule has 0 aliphatic carbocycles. The molecule has 0 spiro atoms. The monoisotopic (exact) mass is 248 g/mol. The van der Waals surface area contributed by atoms with Gasteiger partial charge in [-0.25, -0.2) is 0 Å². The Morgan fingerprint density at radius 3 is 3.06 bits per heavy atom. The fourth-order valence-corrected chi connectivity index (χ4v) is 1.91. The van der Waals surface area contributed by atoms with E-state index in [4.69, 9.17) is 0 Å². The van der Waals surface area contributed by atoms with Gasteiger partial charge in [0.25, 0.3) is 5.91 Å². The fraction of sp³-hybridized carbons (Fsp3) is 0.417. The van der Waals surface area contributed by atoms with Gasteiger partial charge in [-0.05, 0) is 12.5 Å². The molecule has 6 nitrogen and oxygen atoms in total. The van der Waals surface area contributed by atoms with Crippen LogP contribution in [0, 0.1) is 0 Å². The van der Waals surface area contributed by atoms with E-state index in [1.807, 2.05) is 0 Å². The maximum atomic E-state index is 12.1. The molecule has 0 radical (unpaired) electrons. The zero-order valence-corrected chi connectivity index (χ0v) is 10.2. The zero-order chi connectivity index (χ0) is 13.0. The smallest absolute Gasteiger partial charge is 0.255 e. The standard InChI is InChI=1S/C12H16N4O2/c1-13-10-4-5-14-7-9(10)12(18)16-8-2-3-11(17)15-6-8/h4-5,7-8H,2-3,6H2,1H3,(H,13,14)(H,15,17)(H,16,18). The highest BCUT2D eigenvalue weighted by Crippen LogP contribution is 2.13. The summed E-state index contributed by atoms with van der Waals surface area (Å²) in [6.45, 7) is 0.486. The lowest BCUT2D eigenvalue weighted by molar-refractivity contribution is -0.122. The molecule has 1 saturated heterocycles. The third kappa shape index (κ3) is 2.77. The molecule has 1 aliphatic heterocycles. The summed E-state index contributed by atoms with van der Waals surface area (Å²) in [7, 11) is 1.76. The summed E-state index contributed by atoms with van der Waals surface area (Å²) in [5, 5.41) is 8.58. The molecule has 1 unspecified atom stereocenters. The molecule has 1 aromatic rings. The maximum Gasteiger partial charge on any atom is 0.255 e. The van der Waals surface area contributed by atoms with Gasteiger partial charge in [0.15, 0.2) is 0 Å². The third-order valence-electron chi connectivity index (χ3n) is 2.94. The molecule has 2 amide bonds. The van der Waals surface area contributed by atoms with Crippen LogP contribution in [-0.2, 0) is 4.79 Å². The van der Waals surface area contributed by atoms with Crippen molar-refractivity contribution in [2.45, 2.75) is 18.9 Å². The van der Waals surface area contributed by atoms with Gasteiger partial charge < -0.3 is 16.0 Å². The molecule has 1 fully saturated rings. The average Bonchev–Trinajstić information content (AvgIpc) is 2.41. The minimum absolute atomic E-state index is 0.0138.